The van der Waals surface area contributed by atoms with E-state index in [9.17, 15) is 8.42 Å². The van der Waals surface area contributed by atoms with Gasteiger partial charge >= 0.3 is 0 Å². The quantitative estimate of drug-likeness (QED) is 0.558. The van der Waals surface area contributed by atoms with Crippen LogP contribution < -0.4 is 18.9 Å². The van der Waals surface area contributed by atoms with E-state index in [-0.39, 0.29) is 18.0 Å². The first kappa shape index (κ1) is 21.1. The maximum Gasteiger partial charge on any atom is 0.240 e. The van der Waals surface area contributed by atoms with E-state index in [2.05, 4.69) is 11.6 Å². The Balaban J connectivity index is 1.78. The van der Waals surface area contributed by atoms with Crippen molar-refractivity contribution in [1.82, 2.24) is 4.72 Å². The van der Waals surface area contributed by atoms with Crippen molar-refractivity contribution in [2.24, 2.45) is 0 Å². The molecule has 2 aromatic carbocycles. The molecular weight excluding hydrogens is 366 g/mol. The number of hydrogen-bond acceptors (Lipinski definition) is 5. The van der Waals surface area contributed by atoms with E-state index in [0.717, 1.165) is 18.6 Å². The zero-order chi connectivity index (χ0) is 19.5. The highest BCUT2D eigenvalue weighted by atomic mass is 32.2. The van der Waals surface area contributed by atoms with Gasteiger partial charge in [0.1, 0.15) is 23.9 Å². The van der Waals surface area contributed by atoms with Crippen LogP contribution in [0, 0.1) is 0 Å². The lowest BCUT2D eigenvalue weighted by Crippen LogP contribution is -2.28. The summed E-state index contributed by atoms with van der Waals surface area (Å²) in [5.41, 5.74) is 0. The van der Waals surface area contributed by atoms with Crippen LogP contribution >= 0.6 is 0 Å². The van der Waals surface area contributed by atoms with Crippen LogP contribution in [-0.2, 0) is 10.0 Å². The number of unbranched alkanes of at least 4 members (excludes halogenated alkanes) is 1. The third-order valence-electron chi connectivity index (χ3n) is 3.70. The lowest BCUT2D eigenvalue weighted by atomic mass is 10.3. The molecule has 0 aromatic heterocycles. The first-order valence-electron chi connectivity index (χ1n) is 9.13. The predicted molar refractivity (Wildman–Crippen MR) is 105 cm³/mol. The normalized spacial score (nSPS) is 11.2. The minimum atomic E-state index is -3.58. The topological polar surface area (TPSA) is 73.9 Å². The van der Waals surface area contributed by atoms with Crippen molar-refractivity contribution in [1.29, 1.82) is 0 Å². The van der Waals surface area contributed by atoms with Gasteiger partial charge < -0.3 is 14.2 Å². The molecule has 0 bridgehead atoms. The molecule has 0 atom stereocenters. The van der Waals surface area contributed by atoms with Crippen molar-refractivity contribution >= 4 is 10.0 Å². The van der Waals surface area contributed by atoms with Gasteiger partial charge in [0.25, 0.3) is 0 Å². The van der Waals surface area contributed by atoms with Crippen LogP contribution in [0.2, 0.25) is 0 Å². The summed E-state index contributed by atoms with van der Waals surface area (Å²) < 4.78 is 43.6. The van der Waals surface area contributed by atoms with E-state index < -0.39 is 10.0 Å². The summed E-state index contributed by atoms with van der Waals surface area (Å²) in [5.74, 6) is 2.10. The maximum absolute atomic E-state index is 12.3. The lowest BCUT2D eigenvalue weighted by Gasteiger charge is -2.10. The molecule has 0 heterocycles. The zero-order valence-electron chi connectivity index (χ0n) is 15.8. The molecule has 2 rings (SSSR count). The van der Waals surface area contributed by atoms with Crippen molar-refractivity contribution in [3.8, 4) is 17.2 Å². The second-order valence-corrected chi connectivity index (χ2v) is 7.59. The largest absolute Gasteiger partial charge is 0.494 e. The summed E-state index contributed by atoms with van der Waals surface area (Å²) in [6.45, 7) is 5.64. The first-order valence-corrected chi connectivity index (χ1v) is 10.6. The van der Waals surface area contributed by atoms with Gasteiger partial charge in [0.2, 0.25) is 10.0 Å². The SMILES string of the molecule is CCCCOc1ccc(S(=O)(=O)NCCOc2ccc(OCC)cc2)cc1. The molecule has 2 aromatic rings. The maximum atomic E-state index is 12.3. The molecule has 27 heavy (non-hydrogen) atoms. The number of hydrogen-bond donors (Lipinski definition) is 1. The van der Waals surface area contributed by atoms with E-state index in [0.29, 0.717) is 24.7 Å². The highest BCUT2D eigenvalue weighted by Crippen LogP contribution is 2.18. The Bertz CT molecular complexity index is 773. The minimum absolute atomic E-state index is 0.171. The average molecular weight is 394 g/mol. The average Bonchev–Trinajstić information content (AvgIpc) is 2.67. The van der Waals surface area contributed by atoms with E-state index in [1.54, 1.807) is 24.3 Å². The van der Waals surface area contributed by atoms with E-state index in [1.165, 1.54) is 12.1 Å². The van der Waals surface area contributed by atoms with Gasteiger partial charge in [0.05, 0.1) is 18.1 Å². The summed E-state index contributed by atoms with van der Waals surface area (Å²) in [4.78, 5) is 0.200. The van der Waals surface area contributed by atoms with Gasteiger partial charge in [-0.15, -0.1) is 0 Å². The van der Waals surface area contributed by atoms with Crippen LogP contribution in [0.25, 0.3) is 0 Å². The third kappa shape index (κ3) is 7.11. The second-order valence-electron chi connectivity index (χ2n) is 5.82. The Morgan fingerprint density at radius 3 is 1.85 bits per heavy atom. The van der Waals surface area contributed by atoms with Gasteiger partial charge in [0.15, 0.2) is 0 Å². The predicted octanol–water partition coefficient (Wildman–Crippen LogP) is 3.62. The summed E-state index contributed by atoms with van der Waals surface area (Å²) in [5, 5.41) is 0. The Hall–Kier alpha value is -2.25. The van der Waals surface area contributed by atoms with Crippen molar-refractivity contribution in [3.63, 3.8) is 0 Å². The molecular formula is C20H27NO5S. The Morgan fingerprint density at radius 2 is 1.30 bits per heavy atom. The molecule has 0 radical (unpaired) electrons. The van der Waals surface area contributed by atoms with Gasteiger partial charge in [-0.2, -0.15) is 0 Å². The Labute approximate surface area is 161 Å². The number of ether oxygens (including phenoxy) is 3. The summed E-state index contributed by atoms with van der Waals surface area (Å²) >= 11 is 0. The first-order chi connectivity index (χ1) is 13.0. The monoisotopic (exact) mass is 393 g/mol. The molecule has 0 unspecified atom stereocenters. The molecule has 0 spiro atoms. The fraction of sp³-hybridized carbons (Fsp3) is 0.400. The second kappa shape index (κ2) is 10.8. The van der Waals surface area contributed by atoms with Crippen LogP contribution in [0.1, 0.15) is 26.7 Å². The van der Waals surface area contributed by atoms with Crippen LogP contribution in [-0.4, -0.2) is 34.8 Å². The summed E-state index contributed by atoms with van der Waals surface area (Å²) in [7, 11) is -3.58. The van der Waals surface area contributed by atoms with Gasteiger partial charge in [-0.05, 0) is 61.9 Å². The molecule has 0 fully saturated rings. The molecule has 0 saturated carbocycles. The standard InChI is InChI=1S/C20H27NO5S/c1-3-5-15-25-19-10-12-20(13-11-19)27(22,23)21-14-16-26-18-8-6-17(7-9-18)24-4-2/h6-13,21H,3-5,14-16H2,1-2H3. The third-order valence-corrected chi connectivity index (χ3v) is 5.18. The molecule has 0 aliphatic carbocycles. The van der Waals surface area contributed by atoms with E-state index >= 15 is 0 Å². The number of nitrogens with one attached hydrogen (secondary N) is 1. The molecule has 1 N–H and O–H groups in total. The molecule has 148 valence electrons. The summed E-state index contributed by atoms with van der Waals surface area (Å²) in [6.07, 6.45) is 2.02. The van der Waals surface area contributed by atoms with Gasteiger partial charge in [-0.25, -0.2) is 13.1 Å². The molecule has 0 saturated heterocycles. The van der Waals surface area contributed by atoms with Crippen LogP contribution in [0.3, 0.4) is 0 Å². The van der Waals surface area contributed by atoms with Gasteiger partial charge in [-0.1, -0.05) is 13.3 Å². The molecule has 6 nitrogen and oxygen atoms in total. The zero-order valence-corrected chi connectivity index (χ0v) is 16.6. The van der Waals surface area contributed by atoms with E-state index in [1.807, 2.05) is 19.1 Å². The minimum Gasteiger partial charge on any atom is -0.494 e. The van der Waals surface area contributed by atoms with Crippen molar-refractivity contribution in [2.75, 3.05) is 26.4 Å². The number of rotatable bonds is 12. The van der Waals surface area contributed by atoms with Crippen molar-refractivity contribution in [3.05, 3.63) is 48.5 Å². The Kier molecular flexibility index (Phi) is 8.42. The smallest absolute Gasteiger partial charge is 0.240 e. The number of sulfonamides is 1. The highest BCUT2D eigenvalue weighted by Gasteiger charge is 2.13. The fourth-order valence-electron chi connectivity index (χ4n) is 2.28. The van der Waals surface area contributed by atoms with Gasteiger partial charge in [-0.3, -0.25) is 0 Å². The van der Waals surface area contributed by atoms with E-state index in [4.69, 9.17) is 14.2 Å². The molecule has 0 amide bonds. The molecule has 0 aliphatic rings. The molecule has 0 aliphatic heterocycles. The van der Waals surface area contributed by atoms with Crippen LogP contribution in [0.15, 0.2) is 53.4 Å². The van der Waals surface area contributed by atoms with Gasteiger partial charge in [0, 0.05) is 6.54 Å². The number of benzene rings is 2. The highest BCUT2D eigenvalue weighted by molar-refractivity contribution is 7.89. The fourth-order valence-corrected chi connectivity index (χ4v) is 3.29. The lowest BCUT2D eigenvalue weighted by molar-refractivity contribution is 0.309. The summed E-state index contributed by atoms with van der Waals surface area (Å²) in [6, 6.07) is 13.6. The Morgan fingerprint density at radius 1 is 0.778 bits per heavy atom. The molecule has 7 heteroatoms. The van der Waals surface area contributed by atoms with Crippen LogP contribution in [0.5, 0.6) is 17.2 Å². The van der Waals surface area contributed by atoms with Crippen molar-refractivity contribution < 1.29 is 22.6 Å². The van der Waals surface area contributed by atoms with Crippen molar-refractivity contribution in [2.45, 2.75) is 31.6 Å². The van der Waals surface area contributed by atoms with Crippen LogP contribution in [0.4, 0.5) is 0 Å².